The molecule has 7 nitrogen and oxygen atoms in total. The largest absolute Gasteiger partial charge is 0.328 e. The van der Waals surface area contributed by atoms with Crippen LogP contribution in [0, 0.1) is 11.3 Å². The van der Waals surface area contributed by atoms with Gasteiger partial charge in [-0.05, 0) is 34.7 Å². The summed E-state index contributed by atoms with van der Waals surface area (Å²) in [5.41, 5.74) is 10.5. The molecule has 1 aliphatic heterocycles. The highest BCUT2D eigenvalue weighted by Crippen LogP contribution is 2.42. The van der Waals surface area contributed by atoms with Gasteiger partial charge in [0.15, 0.2) is 0 Å². The van der Waals surface area contributed by atoms with Crippen LogP contribution in [-0.4, -0.2) is 22.2 Å². The Bertz CT molecular complexity index is 1480. The molecule has 0 aliphatic carbocycles. The molecule has 156 valence electrons. The first kappa shape index (κ1) is 20.1. The Hall–Kier alpha value is -3.86. The minimum absolute atomic E-state index is 0.238. The zero-order chi connectivity index (χ0) is 22.4. The summed E-state index contributed by atoms with van der Waals surface area (Å²) >= 11 is 6.85. The standard InChI is InChI=1S/C24H17ClN6O/c1-31-23(21-15(10-26)8-13-4-2-3-5-16(13)22(21)25)19(12-28-31)14-6-7-17-18(9-14)20(11-27)29-30-24(17)32/h2-9,12,20H,11,27H2,1H3. The predicted octanol–water partition coefficient (Wildman–Crippen LogP) is 5.04. The van der Waals surface area contributed by atoms with E-state index in [2.05, 4.69) is 21.4 Å². The number of azo groups is 1. The Labute approximate surface area is 188 Å². The fraction of sp³-hybridized carbons (Fsp3) is 0.125. The number of carbonyl (C=O) groups is 1. The number of rotatable bonds is 3. The molecule has 0 radical (unpaired) electrons. The van der Waals surface area contributed by atoms with Crippen LogP contribution in [0.3, 0.4) is 0 Å². The summed E-state index contributed by atoms with van der Waals surface area (Å²) in [7, 11) is 1.81. The normalized spacial score (nSPS) is 15.1. The smallest absolute Gasteiger partial charge is 0.295 e. The summed E-state index contributed by atoms with van der Waals surface area (Å²) in [6.45, 7) is 0.238. The number of aryl methyl sites for hydroxylation is 1. The predicted molar refractivity (Wildman–Crippen MR) is 122 cm³/mol. The molecule has 0 saturated heterocycles. The molecule has 0 fully saturated rings. The number of benzene rings is 3. The number of nitriles is 1. The van der Waals surface area contributed by atoms with Gasteiger partial charge in [0.25, 0.3) is 5.91 Å². The van der Waals surface area contributed by atoms with Crippen LogP contribution >= 0.6 is 11.6 Å². The van der Waals surface area contributed by atoms with Gasteiger partial charge in [-0.15, -0.1) is 5.11 Å². The van der Waals surface area contributed by atoms with Gasteiger partial charge in [0.2, 0.25) is 0 Å². The van der Waals surface area contributed by atoms with Crippen molar-refractivity contribution in [3.05, 3.63) is 76.4 Å². The van der Waals surface area contributed by atoms with Crippen LogP contribution in [0.25, 0.3) is 33.2 Å². The summed E-state index contributed by atoms with van der Waals surface area (Å²) in [6.07, 6.45) is 1.73. The minimum Gasteiger partial charge on any atom is -0.328 e. The topological polar surface area (TPSA) is 109 Å². The van der Waals surface area contributed by atoms with E-state index >= 15 is 0 Å². The summed E-state index contributed by atoms with van der Waals surface area (Å²) in [4.78, 5) is 12.2. The number of nitrogens with two attached hydrogens (primary N) is 1. The molecule has 1 aromatic heterocycles. The lowest BCUT2D eigenvalue weighted by Crippen LogP contribution is -2.17. The zero-order valence-electron chi connectivity index (χ0n) is 17.1. The highest BCUT2D eigenvalue weighted by atomic mass is 35.5. The highest BCUT2D eigenvalue weighted by Gasteiger charge is 2.26. The van der Waals surface area contributed by atoms with Crippen LogP contribution < -0.4 is 5.73 Å². The fourth-order valence-corrected chi connectivity index (χ4v) is 4.54. The van der Waals surface area contributed by atoms with Gasteiger partial charge >= 0.3 is 0 Å². The molecule has 8 heteroatoms. The van der Waals surface area contributed by atoms with Crippen LogP contribution in [-0.2, 0) is 7.05 Å². The molecule has 1 aliphatic rings. The summed E-state index contributed by atoms with van der Waals surface area (Å²) in [5, 5.41) is 24.3. The lowest BCUT2D eigenvalue weighted by atomic mass is 9.91. The Morgan fingerprint density at radius 2 is 2.00 bits per heavy atom. The number of fused-ring (bicyclic) bond motifs is 2. The maximum atomic E-state index is 12.2. The molecule has 32 heavy (non-hydrogen) atoms. The second-order valence-electron chi connectivity index (χ2n) is 7.55. The number of carbonyl (C=O) groups excluding carboxylic acids is 1. The highest BCUT2D eigenvalue weighted by molar-refractivity contribution is 6.38. The SMILES string of the molecule is Cn1ncc(-c2ccc3c(c2)C(CN)N=NC3=O)c1-c1c(C#N)cc2ccccc2c1Cl. The van der Waals surface area contributed by atoms with E-state index in [9.17, 15) is 10.1 Å². The van der Waals surface area contributed by atoms with Crippen molar-refractivity contribution in [1.29, 1.82) is 5.26 Å². The summed E-state index contributed by atoms with van der Waals surface area (Å²) < 4.78 is 1.71. The molecule has 5 rings (SSSR count). The summed E-state index contributed by atoms with van der Waals surface area (Å²) in [6, 6.07) is 16.9. The lowest BCUT2D eigenvalue weighted by molar-refractivity contribution is 0.0985. The maximum Gasteiger partial charge on any atom is 0.295 e. The van der Waals surface area contributed by atoms with Crippen LogP contribution in [0.2, 0.25) is 5.02 Å². The number of hydrogen-bond donors (Lipinski definition) is 1. The van der Waals surface area contributed by atoms with Crippen molar-refractivity contribution in [3.8, 4) is 28.5 Å². The number of nitrogens with zero attached hydrogens (tertiary/aromatic N) is 5. The van der Waals surface area contributed by atoms with Gasteiger partial charge in [-0.1, -0.05) is 41.9 Å². The molecule has 2 heterocycles. The molecule has 1 unspecified atom stereocenters. The molecule has 4 aromatic rings. The van der Waals surface area contributed by atoms with E-state index in [0.717, 1.165) is 27.5 Å². The molecule has 0 spiro atoms. The van der Waals surface area contributed by atoms with Gasteiger partial charge in [-0.25, -0.2) is 0 Å². The van der Waals surface area contributed by atoms with E-state index in [1.54, 1.807) is 16.9 Å². The molecule has 3 aromatic carbocycles. The van der Waals surface area contributed by atoms with E-state index < -0.39 is 0 Å². The van der Waals surface area contributed by atoms with Crippen molar-refractivity contribution < 1.29 is 4.79 Å². The van der Waals surface area contributed by atoms with Crippen molar-refractivity contribution in [2.24, 2.45) is 23.0 Å². The molecular weight excluding hydrogens is 424 g/mol. The average molecular weight is 441 g/mol. The minimum atomic E-state index is -0.387. The Morgan fingerprint density at radius 3 is 2.78 bits per heavy atom. The monoisotopic (exact) mass is 440 g/mol. The first-order valence-corrected chi connectivity index (χ1v) is 10.3. The van der Waals surface area contributed by atoms with Crippen molar-refractivity contribution in [2.75, 3.05) is 6.54 Å². The zero-order valence-corrected chi connectivity index (χ0v) is 17.8. The van der Waals surface area contributed by atoms with Gasteiger partial charge in [-0.3, -0.25) is 9.48 Å². The van der Waals surface area contributed by atoms with Crippen LogP contribution in [0.15, 0.2) is 65.0 Å². The molecule has 1 atom stereocenters. The summed E-state index contributed by atoms with van der Waals surface area (Å²) in [5.74, 6) is -0.382. The van der Waals surface area contributed by atoms with E-state index in [0.29, 0.717) is 27.4 Å². The third-order valence-electron chi connectivity index (χ3n) is 5.75. The first-order chi connectivity index (χ1) is 15.5. The van der Waals surface area contributed by atoms with Gasteiger partial charge < -0.3 is 5.73 Å². The van der Waals surface area contributed by atoms with E-state index in [1.165, 1.54) is 0 Å². The molecular formula is C24H17ClN6O. The van der Waals surface area contributed by atoms with Crippen molar-refractivity contribution in [2.45, 2.75) is 6.04 Å². The number of aromatic nitrogens is 2. The third-order valence-corrected chi connectivity index (χ3v) is 6.14. The van der Waals surface area contributed by atoms with Crippen molar-refractivity contribution in [3.63, 3.8) is 0 Å². The number of amides is 1. The van der Waals surface area contributed by atoms with Crippen molar-refractivity contribution in [1.82, 2.24) is 9.78 Å². The van der Waals surface area contributed by atoms with E-state index in [4.69, 9.17) is 17.3 Å². The third kappa shape index (κ3) is 3.01. The molecule has 0 bridgehead atoms. The van der Waals surface area contributed by atoms with Gasteiger partial charge in [0, 0.05) is 35.7 Å². The Balaban J connectivity index is 1.76. The van der Waals surface area contributed by atoms with Crippen LogP contribution in [0.1, 0.15) is 27.5 Å². The van der Waals surface area contributed by atoms with Gasteiger partial charge in [0.05, 0.1) is 28.5 Å². The first-order valence-electron chi connectivity index (χ1n) is 9.96. The maximum absolute atomic E-state index is 12.2. The molecule has 2 N–H and O–H groups in total. The second kappa shape index (κ2) is 7.68. The Morgan fingerprint density at radius 1 is 1.19 bits per heavy atom. The van der Waals surface area contributed by atoms with E-state index in [-0.39, 0.29) is 18.5 Å². The molecule has 1 amide bonds. The fourth-order valence-electron chi connectivity index (χ4n) is 4.18. The van der Waals surface area contributed by atoms with Crippen molar-refractivity contribution >= 4 is 28.3 Å². The quantitative estimate of drug-likeness (QED) is 0.481. The second-order valence-corrected chi connectivity index (χ2v) is 7.93. The van der Waals surface area contributed by atoms with Crippen LogP contribution in [0.5, 0.6) is 0 Å². The average Bonchev–Trinajstić information content (AvgIpc) is 3.20. The number of halogens is 1. The lowest BCUT2D eigenvalue weighted by Gasteiger charge is -2.18. The van der Waals surface area contributed by atoms with Gasteiger partial charge in [0.1, 0.15) is 6.04 Å². The van der Waals surface area contributed by atoms with Crippen LogP contribution in [0.4, 0.5) is 0 Å². The Kier molecular flexibility index (Phi) is 4.82. The molecule has 0 saturated carbocycles. The number of hydrogen-bond acceptors (Lipinski definition) is 5. The van der Waals surface area contributed by atoms with Gasteiger partial charge in [-0.2, -0.15) is 15.5 Å². The van der Waals surface area contributed by atoms with E-state index in [1.807, 2.05) is 49.5 Å².